The van der Waals surface area contributed by atoms with E-state index in [2.05, 4.69) is 35.9 Å². The first-order chi connectivity index (χ1) is 15.0. The van der Waals surface area contributed by atoms with E-state index in [1.54, 1.807) is 12.0 Å². The predicted octanol–water partition coefficient (Wildman–Crippen LogP) is 5.99. The molecule has 0 bridgehead atoms. The molecular formula is C25H30ClN3O2. The molecule has 3 aromatic rings. The van der Waals surface area contributed by atoms with Gasteiger partial charge in [-0.1, -0.05) is 55.8 Å². The van der Waals surface area contributed by atoms with Crippen LogP contribution in [-0.2, 0) is 17.8 Å². The molecule has 0 unspecified atom stereocenters. The molecule has 31 heavy (non-hydrogen) atoms. The molecule has 1 aromatic heterocycles. The van der Waals surface area contributed by atoms with E-state index in [9.17, 15) is 4.79 Å². The van der Waals surface area contributed by atoms with Crippen LogP contribution in [0.4, 0.5) is 10.5 Å². The van der Waals surface area contributed by atoms with Gasteiger partial charge in [0.2, 0.25) is 0 Å². The van der Waals surface area contributed by atoms with Crippen molar-refractivity contribution in [1.29, 1.82) is 0 Å². The maximum atomic E-state index is 13.0. The highest BCUT2D eigenvalue weighted by Crippen LogP contribution is 2.20. The summed E-state index contributed by atoms with van der Waals surface area (Å²) in [6, 6.07) is 19.7. The second kappa shape index (κ2) is 11.0. The quantitative estimate of drug-likeness (QED) is 0.444. The maximum Gasteiger partial charge on any atom is 0.322 e. The van der Waals surface area contributed by atoms with E-state index in [0.29, 0.717) is 32.2 Å². The summed E-state index contributed by atoms with van der Waals surface area (Å²) >= 11 is 6.33. The Morgan fingerprint density at radius 3 is 2.52 bits per heavy atom. The van der Waals surface area contributed by atoms with Crippen LogP contribution >= 0.6 is 11.6 Å². The number of carbonyl (C=O) groups is 1. The Balaban J connectivity index is 1.72. The van der Waals surface area contributed by atoms with Crippen molar-refractivity contribution in [2.45, 2.75) is 32.9 Å². The summed E-state index contributed by atoms with van der Waals surface area (Å²) in [4.78, 5) is 14.8. The molecule has 1 N–H and O–H groups in total. The van der Waals surface area contributed by atoms with E-state index in [1.165, 1.54) is 5.56 Å². The number of rotatable bonds is 9. The summed E-state index contributed by atoms with van der Waals surface area (Å²) in [6.45, 7) is 6.37. The van der Waals surface area contributed by atoms with Gasteiger partial charge in [0.25, 0.3) is 0 Å². The van der Waals surface area contributed by atoms with E-state index >= 15 is 0 Å². The fraction of sp³-hybridized carbons (Fsp3) is 0.320. The number of nitrogens with one attached hydrogen (secondary N) is 1. The summed E-state index contributed by atoms with van der Waals surface area (Å²) in [6.07, 6.45) is 2.01. The average Bonchev–Trinajstić information content (AvgIpc) is 3.19. The zero-order valence-electron chi connectivity index (χ0n) is 18.3. The lowest BCUT2D eigenvalue weighted by Crippen LogP contribution is -2.37. The molecule has 0 radical (unpaired) electrons. The Morgan fingerprint density at radius 1 is 1.10 bits per heavy atom. The topological polar surface area (TPSA) is 46.5 Å². The Bertz CT molecular complexity index is 982. The third kappa shape index (κ3) is 6.36. The molecule has 0 spiro atoms. The van der Waals surface area contributed by atoms with E-state index in [1.807, 2.05) is 54.7 Å². The van der Waals surface area contributed by atoms with E-state index in [4.69, 9.17) is 16.3 Å². The number of amides is 2. The van der Waals surface area contributed by atoms with Crippen molar-refractivity contribution in [1.82, 2.24) is 9.47 Å². The number of hydrogen-bond acceptors (Lipinski definition) is 2. The number of nitrogens with zero attached hydrogens (tertiary/aromatic N) is 2. The number of hydrogen-bond donors (Lipinski definition) is 1. The number of aromatic nitrogens is 1. The second-order valence-corrected chi connectivity index (χ2v) is 8.25. The van der Waals surface area contributed by atoms with Gasteiger partial charge in [-0.25, -0.2) is 4.79 Å². The smallest absolute Gasteiger partial charge is 0.322 e. The summed E-state index contributed by atoms with van der Waals surface area (Å²) < 4.78 is 7.35. The second-order valence-electron chi connectivity index (χ2n) is 7.84. The maximum absolute atomic E-state index is 13.0. The molecule has 0 atom stereocenters. The molecule has 5 nitrogen and oxygen atoms in total. The summed E-state index contributed by atoms with van der Waals surface area (Å²) in [5.74, 6) is 0.453. The van der Waals surface area contributed by atoms with Crippen LogP contribution in [-0.4, -0.2) is 35.8 Å². The van der Waals surface area contributed by atoms with Gasteiger partial charge in [0.15, 0.2) is 0 Å². The number of urea groups is 1. The normalized spacial score (nSPS) is 11.0. The predicted molar refractivity (Wildman–Crippen MR) is 127 cm³/mol. The molecule has 3 rings (SSSR count). The van der Waals surface area contributed by atoms with Crippen LogP contribution in [0.1, 0.15) is 36.6 Å². The molecule has 2 aromatic carbocycles. The first-order valence-electron chi connectivity index (χ1n) is 10.5. The van der Waals surface area contributed by atoms with Crippen molar-refractivity contribution in [2.24, 2.45) is 0 Å². The average molecular weight is 440 g/mol. The Kier molecular flexibility index (Phi) is 8.15. The van der Waals surface area contributed by atoms with Crippen molar-refractivity contribution in [3.8, 4) is 0 Å². The molecule has 1 heterocycles. The van der Waals surface area contributed by atoms with Gasteiger partial charge in [0, 0.05) is 42.8 Å². The Labute approximate surface area is 189 Å². The molecule has 0 saturated carbocycles. The van der Waals surface area contributed by atoms with Crippen LogP contribution < -0.4 is 5.32 Å². The van der Waals surface area contributed by atoms with Gasteiger partial charge in [0.05, 0.1) is 13.2 Å². The molecule has 6 heteroatoms. The summed E-state index contributed by atoms with van der Waals surface area (Å²) in [5, 5.41) is 3.75. The van der Waals surface area contributed by atoms with Gasteiger partial charge in [-0.2, -0.15) is 0 Å². The summed E-state index contributed by atoms with van der Waals surface area (Å²) in [5.41, 5.74) is 4.09. The van der Waals surface area contributed by atoms with Gasteiger partial charge < -0.3 is 19.5 Å². The number of methoxy groups -OCH3 is 1. The number of carbonyl (C=O) groups excluding carboxylic acids is 1. The highest BCUT2D eigenvalue weighted by Gasteiger charge is 2.16. The number of ether oxygens (including phenoxy) is 1. The van der Waals surface area contributed by atoms with Crippen LogP contribution in [0.5, 0.6) is 0 Å². The zero-order valence-corrected chi connectivity index (χ0v) is 19.1. The Morgan fingerprint density at radius 2 is 1.84 bits per heavy atom. The number of halogens is 1. The first-order valence-corrected chi connectivity index (χ1v) is 10.9. The lowest BCUT2D eigenvalue weighted by Gasteiger charge is -2.24. The Hall–Kier alpha value is -2.76. The van der Waals surface area contributed by atoms with Crippen LogP contribution in [0.3, 0.4) is 0 Å². The van der Waals surface area contributed by atoms with Gasteiger partial charge >= 0.3 is 6.03 Å². The summed E-state index contributed by atoms with van der Waals surface area (Å²) in [7, 11) is 1.64. The van der Waals surface area contributed by atoms with Gasteiger partial charge in [0.1, 0.15) is 0 Å². The van der Waals surface area contributed by atoms with Crippen molar-refractivity contribution >= 4 is 23.3 Å². The minimum atomic E-state index is -0.153. The SMILES string of the molecule is COCCN(Cc1cccn1Cc1ccccc1Cl)C(=O)Nc1ccc(C(C)C)cc1. The molecular weight excluding hydrogens is 410 g/mol. The van der Waals surface area contributed by atoms with Crippen LogP contribution in [0.15, 0.2) is 66.9 Å². The molecule has 0 aliphatic rings. The molecule has 2 amide bonds. The minimum Gasteiger partial charge on any atom is -0.383 e. The van der Waals surface area contributed by atoms with E-state index in [-0.39, 0.29) is 6.03 Å². The monoisotopic (exact) mass is 439 g/mol. The van der Waals surface area contributed by atoms with Gasteiger partial charge in [-0.05, 0) is 47.4 Å². The molecule has 164 valence electrons. The largest absolute Gasteiger partial charge is 0.383 e. The van der Waals surface area contributed by atoms with Crippen LogP contribution in [0.2, 0.25) is 5.02 Å². The number of anilines is 1. The molecule has 0 fully saturated rings. The highest BCUT2D eigenvalue weighted by molar-refractivity contribution is 6.31. The lowest BCUT2D eigenvalue weighted by molar-refractivity contribution is 0.152. The van der Waals surface area contributed by atoms with Crippen molar-refractivity contribution < 1.29 is 9.53 Å². The van der Waals surface area contributed by atoms with Crippen molar-refractivity contribution in [3.63, 3.8) is 0 Å². The van der Waals surface area contributed by atoms with Crippen LogP contribution in [0, 0.1) is 0 Å². The number of benzene rings is 2. The molecule has 0 aliphatic carbocycles. The highest BCUT2D eigenvalue weighted by atomic mass is 35.5. The first kappa shape index (κ1) is 22.9. The van der Waals surface area contributed by atoms with Crippen LogP contribution in [0.25, 0.3) is 0 Å². The third-order valence-corrected chi connectivity index (χ3v) is 5.62. The zero-order chi connectivity index (χ0) is 22.2. The van der Waals surface area contributed by atoms with E-state index in [0.717, 1.165) is 22.0 Å². The lowest BCUT2D eigenvalue weighted by atomic mass is 10.0. The van der Waals surface area contributed by atoms with Crippen molar-refractivity contribution in [3.05, 3.63) is 88.7 Å². The van der Waals surface area contributed by atoms with Gasteiger partial charge in [-0.15, -0.1) is 0 Å². The fourth-order valence-electron chi connectivity index (χ4n) is 3.36. The molecule has 0 saturated heterocycles. The molecule has 0 aliphatic heterocycles. The third-order valence-electron chi connectivity index (χ3n) is 5.26. The van der Waals surface area contributed by atoms with Gasteiger partial charge in [-0.3, -0.25) is 0 Å². The fourth-order valence-corrected chi connectivity index (χ4v) is 3.56. The van der Waals surface area contributed by atoms with Crippen molar-refractivity contribution in [2.75, 3.05) is 25.6 Å². The minimum absolute atomic E-state index is 0.153. The van der Waals surface area contributed by atoms with E-state index < -0.39 is 0 Å². The standard InChI is InChI=1S/C25H30ClN3O2/c1-19(2)20-10-12-22(13-11-20)27-25(30)29(15-16-31-3)18-23-8-6-14-28(23)17-21-7-4-5-9-24(21)26/h4-14,19H,15-18H2,1-3H3,(H,27,30).